The van der Waals surface area contributed by atoms with Crippen LogP contribution in [0.2, 0.25) is 0 Å². The second-order valence-electron chi connectivity index (χ2n) is 4.01. The fourth-order valence-electron chi connectivity index (χ4n) is 1.73. The van der Waals surface area contributed by atoms with Gasteiger partial charge in [0, 0.05) is 17.8 Å². The molecule has 100 valence electrons. The van der Waals surface area contributed by atoms with E-state index in [-0.39, 0.29) is 11.6 Å². The van der Waals surface area contributed by atoms with E-state index >= 15 is 0 Å². The number of rotatable bonds is 3. The van der Waals surface area contributed by atoms with Crippen molar-refractivity contribution in [2.75, 3.05) is 5.32 Å². The maximum atomic E-state index is 12.0. The van der Waals surface area contributed by atoms with Crippen LogP contribution in [0.4, 0.5) is 11.4 Å². The van der Waals surface area contributed by atoms with Crippen LogP contribution in [0, 0.1) is 10.1 Å². The first-order valence-corrected chi connectivity index (χ1v) is 6.49. The number of nitro benzene ring substituents is 1. The smallest absolute Gasteiger partial charge is 0.272 e. The van der Waals surface area contributed by atoms with E-state index < -0.39 is 4.92 Å². The van der Waals surface area contributed by atoms with Crippen molar-refractivity contribution >= 4 is 39.0 Å². The number of hydrogen-bond donors (Lipinski definition) is 2. The summed E-state index contributed by atoms with van der Waals surface area (Å²) in [4.78, 5) is 29.0. The number of aromatic amines is 1. The molecule has 20 heavy (non-hydrogen) atoms. The van der Waals surface area contributed by atoms with Gasteiger partial charge in [-0.15, -0.1) is 11.3 Å². The summed E-state index contributed by atoms with van der Waals surface area (Å²) in [7, 11) is 0. The molecule has 0 spiro atoms. The molecule has 0 saturated carbocycles. The van der Waals surface area contributed by atoms with Gasteiger partial charge in [-0.05, 0) is 18.2 Å². The van der Waals surface area contributed by atoms with E-state index in [0.717, 1.165) is 4.70 Å². The van der Waals surface area contributed by atoms with Gasteiger partial charge >= 0.3 is 0 Å². The number of hydrogen-bond acceptors (Lipinski definition) is 5. The lowest BCUT2D eigenvalue weighted by molar-refractivity contribution is -0.384. The van der Waals surface area contributed by atoms with Gasteiger partial charge < -0.3 is 10.3 Å². The molecule has 7 nitrogen and oxygen atoms in total. The molecular formula is C12H8N4O3S. The number of nitrogens with zero attached hydrogens (tertiary/aromatic N) is 2. The molecule has 2 aromatic heterocycles. The second kappa shape index (κ2) is 4.74. The van der Waals surface area contributed by atoms with Gasteiger partial charge in [-0.25, -0.2) is 4.98 Å². The van der Waals surface area contributed by atoms with Crippen molar-refractivity contribution in [3.05, 3.63) is 51.7 Å². The predicted molar refractivity (Wildman–Crippen MR) is 75.0 cm³/mol. The zero-order chi connectivity index (χ0) is 14.1. The van der Waals surface area contributed by atoms with Gasteiger partial charge in [0.15, 0.2) is 0 Å². The van der Waals surface area contributed by atoms with Crippen molar-refractivity contribution in [1.29, 1.82) is 0 Å². The van der Waals surface area contributed by atoms with Crippen LogP contribution in [0.1, 0.15) is 10.5 Å². The average Bonchev–Trinajstić information content (AvgIpc) is 2.99. The summed E-state index contributed by atoms with van der Waals surface area (Å²) in [6, 6.07) is 7.36. The molecule has 1 aromatic carbocycles. The quantitative estimate of drug-likeness (QED) is 0.571. The summed E-state index contributed by atoms with van der Waals surface area (Å²) in [6.45, 7) is 0. The molecule has 0 atom stereocenters. The van der Waals surface area contributed by atoms with Crippen LogP contribution in [0.3, 0.4) is 0 Å². The number of benzene rings is 1. The zero-order valence-corrected chi connectivity index (χ0v) is 10.8. The maximum Gasteiger partial charge on any atom is 0.272 e. The Balaban J connectivity index is 1.78. The second-order valence-corrected chi connectivity index (χ2v) is 4.89. The van der Waals surface area contributed by atoms with Crippen LogP contribution < -0.4 is 5.32 Å². The first-order valence-electron chi connectivity index (χ1n) is 5.61. The summed E-state index contributed by atoms with van der Waals surface area (Å²) in [5, 5.41) is 13.2. The molecule has 0 aliphatic carbocycles. The van der Waals surface area contributed by atoms with E-state index in [4.69, 9.17) is 0 Å². The lowest BCUT2D eigenvalue weighted by Gasteiger charge is -2.02. The number of anilines is 1. The lowest BCUT2D eigenvalue weighted by atomic mass is 10.3. The summed E-state index contributed by atoms with van der Waals surface area (Å²) in [6.07, 6.45) is 0. The number of fused-ring (bicyclic) bond motifs is 1. The highest BCUT2D eigenvalue weighted by Gasteiger charge is 2.12. The number of thiazole rings is 1. The molecule has 0 fully saturated rings. The third-order valence-electron chi connectivity index (χ3n) is 2.70. The number of aromatic nitrogens is 2. The van der Waals surface area contributed by atoms with E-state index in [0.29, 0.717) is 17.0 Å². The number of amides is 1. The predicted octanol–water partition coefficient (Wildman–Crippen LogP) is 2.78. The normalized spacial score (nSPS) is 10.6. The molecule has 3 aromatic rings. The number of nitrogens with one attached hydrogen (secondary N) is 2. The van der Waals surface area contributed by atoms with E-state index in [2.05, 4.69) is 15.3 Å². The van der Waals surface area contributed by atoms with E-state index in [1.807, 2.05) is 0 Å². The van der Waals surface area contributed by atoms with Crippen LogP contribution in [-0.4, -0.2) is 20.8 Å². The third-order valence-corrected chi connectivity index (χ3v) is 3.48. The summed E-state index contributed by atoms with van der Waals surface area (Å²) in [5.74, 6) is -0.316. The molecule has 0 saturated heterocycles. The van der Waals surface area contributed by atoms with Gasteiger partial charge in [0.2, 0.25) is 0 Å². The average molecular weight is 288 g/mol. The molecule has 2 N–H and O–H groups in total. The largest absolute Gasteiger partial charge is 0.334 e. The van der Waals surface area contributed by atoms with E-state index in [1.165, 1.54) is 35.6 Å². The first-order chi connectivity index (χ1) is 9.63. The molecule has 0 unspecified atom stereocenters. The van der Waals surface area contributed by atoms with Crippen LogP contribution in [0.25, 0.3) is 10.3 Å². The topological polar surface area (TPSA) is 101 Å². The van der Waals surface area contributed by atoms with Crippen LogP contribution in [0.15, 0.2) is 35.8 Å². The highest BCUT2D eigenvalue weighted by atomic mass is 32.1. The standard InChI is InChI=1S/C12H8N4O3S/c17-12(9-5-10-11(15-9)13-6-20-10)14-7-1-3-8(4-2-7)16(18)19/h1-6,15H,(H,14,17). The molecule has 2 heterocycles. The number of carbonyl (C=O) groups is 1. The van der Waals surface area contributed by atoms with Gasteiger partial charge in [-0.2, -0.15) is 0 Å². The van der Waals surface area contributed by atoms with Crippen molar-refractivity contribution in [3.8, 4) is 0 Å². The number of non-ortho nitro benzene ring substituents is 1. The Morgan fingerprint density at radius 2 is 2.10 bits per heavy atom. The third kappa shape index (κ3) is 2.24. The van der Waals surface area contributed by atoms with Gasteiger partial charge in [-0.3, -0.25) is 14.9 Å². The van der Waals surface area contributed by atoms with Gasteiger partial charge in [0.25, 0.3) is 11.6 Å². The van der Waals surface area contributed by atoms with E-state index in [1.54, 1.807) is 11.6 Å². The highest BCUT2D eigenvalue weighted by molar-refractivity contribution is 7.16. The Morgan fingerprint density at radius 1 is 1.35 bits per heavy atom. The van der Waals surface area contributed by atoms with Crippen LogP contribution >= 0.6 is 11.3 Å². The molecule has 0 aliphatic heterocycles. The van der Waals surface area contributed by atoms with Gasteiger partial charge in [0.1, 0.15) is 11.3 Å². The monoisotopic (exact) mass is 288 g/mol. The number of carbonyl (C=O) groups excluding carboxylic acids is 1. The van der Waals surface area contributed by atoms with Crippen LogP contribution in [-0.2, 0) is 0 Å². The molecule has 0 bridgehead atoms. The summed E-state index contributed by atoms with van der Waals surface area (Å²) in [5.41, 5.74) is 3.24. The SMILES string of the molecule is O=C(Nc1ccc([N+](=O)[O-])cc1)c1cc2scnc2[nH]1. The molecule has 1 amide bonds. The molecular weight excluding hydrogens is 280 g/mol. The minimum atomic E-state index is -0.490. The molecule has 8 heteroatoms. The Kier molecular flexibility index (Phi) is 2.92. The van der Waals surface area contributed by atoms with E-state index in [9.17, 15) is 14.9 Å². The van der Waals surface area contributed by atoms with Crippen molar-refractivity contribution in [2.24, 2.45) is 0 Å². The van der Waals surface area contributed by atoms with Crippen molar-refractivity contribution in [2.45, 2.75) is 0 Å². The van der Waals surface area contributed by atoms with Crippen molar-refractivity contribution < 1.29 is 9.72 Å². The first kappa shape index (κ1) is 12.3. The number of H-pyrrole nitrogens is 1. The Morgan fingerprint density at radius 3 is 2.75 bits per heavy atom. The minimum Gasteiger partial charge on any atom is -0.334 e. The van der Waals surface area contributed by atoms with Crippen LogP contribution in [0.5, 0.6) is 0 Å². The summed E-state index contributed by atoms with van der Waals surface area (Å²) < 4.78 is 0.902. The fraction of sp³-hybridized carbons (Fsp3) is 0. The number of nitro groups is 1. The summed E-state index contributed by atoms with van der Waals surface area (Å²) >= 11 is 1.44. The minimum absolute atomic E-state index is 0.0208. The highest BCUT2D eigenvalue weighted by Crippen LogP contribution is 2.20. The fourth-order valence-corrected chi connectivity index (χ4v) is 2.41. The van der Waals surface area contributed by atoms with Gasteiger partial charge in [0.05, 0.1) is 15.1 Å². The van der Waals surface area contributed by atoms with Crippen molar-refractivity contribution in [3.63, 3.8) is 0 Å². The molecule has 0 radical (unpaired) electrons. The zero-order valence-electron chi connectivity index (χ0n) is 9.99. The lowest BCUT2D eigenvalue weighted by Crippen LogP contribution is -2.12. The van der Waals surface area contributed by atoms with Gasteiger partial charge in [-0.1, -0.05) is 0 Å². The molecule has 3 rings (SSSR count). The maximum absolute atomic E-state index is 12.0. The Labute approximate surface area is 116 Å². The van der Waals surface area contributed by atoms with Crippen molar-refractivity contribution in [1.82, 2.24) is 9.97 Å². The Hall–Kier alpha value is -2.74. The Bertz CT molecular complexity index is 762. The molecule has 0 aliphatic rings.